The third kappa shape index (κ3) is 5.86. The highest BCUT2D eigenvalue weighted by molar-refractivity contribution is 5.94. The molecule has 3 rings (SSSR count). The fourth-order valence-electron chi connectivity index (χ4n) is 3.68. The highest BCUT2D eigenvalue weighted by atomic mass is 19.1. The molecule has 3 N–H and O–H groups in total. The van der Waals surface area contributed by atoms with Crippen LogP contribution in [0.5, 0.6) is 0 Å². The van der Waals surface area contributed by atoms with Crippen LogP contribution < -0.4 is 10.6 Å². The van der Waals surface area contributed by atoms with Crippen molar-refractivity contribution in [2.45, 2.75) is 51.2 Å². The van der Waals surface area contributed by atoms with E-state index in [-0.39, 0.29) is 36.1 Å². The van der Waals surface area contributed by atoms with Gasteiger partial charge in [-0.25, -0.2) is 4.39 Å². The minimum atomic E-state index is -0.532. The van der Waals surface area contributed by atoms with Gasteiger partial charge >= 0.3 is 0 Å². The van der Waals surface area contributed by atoms with E-state index < -0.39 is 6.10 Å². The van der Waals surface area contributed by atoms with E-state index in [1.54, 1.807) is 24.3 Å². The Bertz CT molecular complexity index is 872. The minimum absolute atomic E-state index is 0.0671. The second-order valence-electron chi connectivity index (χ2n) is 7.78. The lowest BCUT2D eigenvalue weighted by Crippen LogP contribution is -2.43. The Hall–Kier alpha value is -2.80. The molecule has 7 heteroatoms. The van der Waals surface area contributed by atoms with Crippen molar-refractivity contribution in [1.29, 1.82) is 0 Å². The molecule has 30 heavy (non-hydrogen) atoms. The molecule has 6 nitrogen and oxygen atoms in total. The molecular weight excluding hydrogens is 385 g/mol. The van der Waals surface area contributed by atoms with Crippen molar-refractivity contribution in [3.05, 3.63) is 54.0 Å². The number of nitrogens with one attached hydrogen (secondary N) is 2. The van der Waals surface area contributed by atoms with Crippen LogP contribution in [0.15, 0.2) is 42.6 Å². The zero-order valence-corrected chi connectivity index (χ0v) is 17.1. The van der Waals surface area contributed by atoms with Gasteiger partial charge < -0.3 is 15.7 Å². The molecule has 0 bridgehead atoms. The Morgan fingerprint density at radius 2 is 2.10 bits per heavy atom. The maximum absolute atomic E-state index is 13.4. The van der Waals surface area contributed by atoms with Crippen LogP contribution in [0.25, 0.3) is 11.3 Å². The summed E-state index contributed by atoms with van der Waals surface area (Å²) in [5.74, 6) is -0.805. The summed E-state index contributed by atoms with van der Waals surface area (Å²) in [5.41, 5.74) is 1.67. The Morgan fingerprint density at radius 1 is 1.27 bits per heavy atom. The van der Waals surface area contributed by atoms with Gasteiger partial charge in [0.15, 0.2) is 0 Å². The summed E-state index contributed by atoms with van der Waals surface area (Å²) in [6, 6.07) is 9.43. The summed E-state index contributed by atoms with van der Waals surface area (Å²) >= 11 is 0. The first-order chi connectivity index (χ1) is 14.5. The van der Waals surface area contributed by atoms with Gasteiger partial charge in [-0.05, 0) is 49.9 Å². The molecular formula is C23H28FN3O3. The monoisotopic (exact) mass is 413 g/mol. The number of aliphatic hydroxyl groups is 1. The van der Waals surface area contributed by atoms with Gasteiger partial charge in [0.1, 0.15) is 5.82 Å². The van der Waals surface area contributed by atoms with Gasteiger partial charge in [0.05, 0.1) is 17.4 Å². The number of rotatable bonds is 7. The topological polar surface area (TPSA) is 91.3 Å². The van der Waals surface area contributed by atoms with E-state index in [2.05, 4.69) is 15.6 Å². The van der Waals surface area contributed by atoms with E-state index in [0.717, 1.165) is 19.3 Å². The van der Waals surface area contributed by atoms with Crippen molar-refractivity contribution in [1.82, 2.24) is 15.6 Å². The SMILES string of the molecule is CCC(O)CNC(=O)[C@@H]1CCC[C@H](NC(=O)c2ccc(-c3cccc(F)c3)nc2)C1. The summed E-state index contributed by atoms with van der Waals surface area (Å²) in [6.45, 7) is 2.12. The van der Waals surface area contributed by atoms with E-state index in [9.17, 15) is 19.1 Å². The fourth-order valence-corrected chi connectivity index (χ4v) is 3.68. The third-order valence-electron chi connectivity index (χ3n) is 5.51. The van der Waals surface area contributed by atoms with Crippen molar-refractivity contribution in [3.63, 3.8) is 0 Å². The van der Waals surface area contributed by atoms with Crippen LogP contribution >= 0.6 is 0 Å². The molecule has 1 fully saturated rings. The zero-order valence-electron chi connectivity index (χ0n) is 17.1. The van der Waals surface area contributed by atoms with Crippen LogP contribution in [0.1, 0.15) is 49.4 Å². The number of amides is 2. The smallest absolute Gasteiger partial charge is 0.253 e. The van der Waals surface area contributed by atoms with Crippen LogP contribution in [0, 0.1) is 11.7 Å². The van der Waals surface area contributed by atoms with Crippen molar-refractivity contribution in [2.24, 2.45) is 5.92 Å². The molecule has 0 spiro atoms. The number of halogens is 1. The summed E-state index contributed by atoms with van der Waals surface area (Å²) in [5, 5.41) is 15.4. The lowest BCUT2D eigenvalue weighted by Gasteiger charge is -2.29. The fraction of sp³-hybridized carbons (Fsp3) is 0.435. The quantitative estimate of drug-likeness (QED) is 0.651. The predicted octanol–water partition coefficient (Wildman–Crippen LogP) is 3.06. The number of pyridine rings is 1. The van der Waals surface area contributed by atoms with E-state index in [4.69, 9.17) is 0 Å². The lowest BCUT2D eigenvalue weighted by atomic mass is 9.85. The Labute approximate surface area is 175 Å². The largest absolute Gasteiger partial charge is 0.391 e. The maximum atomic E-state index is 13.4. The van der Waals surface area contributed by atoms with Gasteiger partial charge in [0.25, 0.3) is 5.91 Å². The van der Waals surface area contributed by atoms with Gasteiger partial charge in [-0.3, -0.25) is 14.6 Å². The van der Waals surface area contributed by atoms with E-state index in [1.165, 1.54) is 18.3 Å². The van der Waals surface area contributed by atoms with Crippen LogP contribution in [0.4, 0.5) is 4.39 Å². The molecule has 160 valence electrons. The van der Waals surface area contributed by atoms with Crippen molar-refractivity contribution in [2.75, 3.05) is 6.54 Å². The second kappa shape index (κ2) is 10.3. The van der Waals surface area contributed by atoms with Crippen LogP contribution in [0.3, 0.4) is 0 Å². The van der Waals surface area contributed by atoms with Gasteiger partial charge in [-0.15, -0.1) is 0 Å². The molecule has 1 aromatic carbocycles. The average molecular weight is 413 g/mol. The summed E-state index contributed by atoms with van der Waals surface area (Å²) < 4.78 is 13.4. The van der Waals surface area contributed by atoms with Crippen molar-refractivity contribution in [3.8, 4) is 11.3 Å². The number of hydrogen-bond donors (Lipinski definition) is 3. The Balaban J connectivity index is 1.55. The van der Waals surface area contributed by atoms with E-state index >= 15 is 0 Å². The first kappa shape index (κ1) is 21.9. The van der Waals surface area contributed by atoms with Crippen LogP contribution in [0.2, 0.25) is 0 Å². The second-order valence-corrected chi connectivity index (χ2v) is 7.78. The van der Waals surface area contributed by atoms with Crippen molar-refractivity contribution >= 4 is 11.8 Å². The Morgan fingerprint density at radius 3 is 2.80 bits per heavy atom. The highest BCUT2D eigenvalue weighted by Gasteiger charge is 2.28. The van der Waals surface area contributed by atoms with Crippen LogP contribution in [-0.4, -0.2) is 40.6 Å². The highest BCUT2D eigenvalue weighted by Crippen LogP contribution is 2.25. The van der Waals surface area contributed by atoms with Gasteiger partial charge in [0, 0.05) is 30.3 Å². The molecule has 1 saturated carbocycles. The molecule has 2 amide bonds. The lowest BCUT2D eigenvalue weighted by molar-refractivity contribution is -0.126. The number of hydrogen-bond acceptors (Lipinski definition) is 4. The number of aromatic nitrogens is 1. The number of aliphatic hydroxyl groups excluding tert-OH is 1. The average Bonchev–Trinajstić information content (AvgIpc) is 2.77. The van der Waals surface area contributed by atoms with Gasteiger partial charge in [-0.2, -0.15) is 0 Å². The number of carbonyl (C=O) groups is 2. The first-order valence-corrected chi connectivity index (χ1v) is 10.4. The normalized spacial score (nSPS) is 19.7. The molecule has 1 aliphatic carbocycles. The standard InChI is InChI=1S/C23H28FN3O3/c1-2-20(28)14-26-22(29)16-6-4-8-19(12-16)27-23(30)17-9-10-21(25-13-17)15-5-3-7-18(24)11-15/h3,5,7,9-11,13,16,19-20,28H,2,4,6,8,12,14H2,1H3,(H,26,29)(H,27,30)/t16-,19+,20?/m1/s1. The zero-order chi connectivity index (χ0) is 21.5. The Kier molecular flexibility index (Phi) is 7.52. The molecule has 1 aromatic heterocycles. The number of nitrogens with zero attached hydrogens (tertiary/aromatic N) is 1. The molecule has 3 atom stereocenters. The molecule has 0 radical (unpaired) electrons. The molecule has 0 saturated heterocycles. The minimum Gasteiger partial charge on any atom is -0.391 e. The summed E-state index contributed by atoms with van der Waals surface area (Å²) in [4.78, 5) is 29.2. The van der Waals surface area contributed by atoms with Gasteiger partial charge in [0.2, 0.25) is 5.91 Å². The molecule has 0 aliphatic heterocycles. The first-order valence-electron chi connectivity index (χ1n) is 10.4. The van der Waals surface area contributed by atoms with Crippen LogP contribution in [-0.2, 0) is 4.79 Å². The van der Waals surface area contributed by atoms with E-state index in [0.29, 0.717) is 29.7 Å². The maximum Gasteiger partial charge on any atom is 0.253 e. The third-order valence-corrected chi connectivity index (χ3v) is 5.51. The number of carbonyl (C=O) groups excluding carboxylic acids is 2. The van der Waals surface area contributed by atoms with Gasteiger partial charge in [-0.1, -0.05) is 25.5 Å². The predicted molar refractivity (Wildman–Crippen MR) is 112 cm³/mol. The summed E-state index contributed by atoms with van der Waals surface area (Å²) in [6.07, 6.45) is 4.58. The molecule has 1 unspecified atom stereocenters. The molecule has 1 heterocycles. The molecule has 1 aliphatic rings. The van der Waals surface area contributed by atoms with E-state index in [1.807, 2.05) is 6.92 Å². The molecule has 2 aromatic rings. The summed E-state index contributed by atoms with van der Waals surface area (Å²) in [7, 11) is 0. The number of benzene rings is 1. The van der Waals surface area contributed by atoms with Crippen molar-refractivity contribution < 1.29 is 19.1 Å².